The van der Waals surface area contributed by atoms with Gasteiger partial charge in [-0.2, -0.15) is 5.10 Å². The van der Waals surface area contributed by atoms with Gasteiger partial charge in [0.1, 0.15) is 5.82 Å². The minimum atomic E-state index is -0.344. The molecule has 120 valence electrons. The van der Waals surface area contributed by atoms with Crippen molar-refractivity contribution in [3.8, 4) is 0 Å². The van der Waals surface area contributed by atoms with Crippen LogP contribution < -0.4 is 0 Å². The van der Waals surface area contributed by atoms with Gasteiger partial charge in [0, 0.05) is 38.3 Å². The summed E-state index contributed by atoms with van der Waals surface area (Å²) in [5.41, 5.74) is 1.67. The van der Waals surface area contributed by atoms with E-state index in [1.807, 2.05) is 11.1 Å². The first kappa shape index (κ1) is 16.0. The van der Waals surface area contributed by atoms with Crippen molar-refractivity contribution in [1.29, 1.82) is 0 Å². The van der Waals surface area contributed by atoms with E-state index in [1.165, 1.54) is 17.8 Å². The van der Waals surface area contributed by atoms with E-state index < -0.39 is 0 Å². The standard InChI is InChI=1S/C18H19ClFN3/c19-17-7-4-8-18(20)16(17)13-21-23-11-9-22(10-12-23)14-15-5-2-1-3-6-15/h1-8,13H,9-12,14H2/b21-13+. The number of hydrazone groups is 1. The predicted molar refractivity (Wildman–Crippen MR) is 92.3 cm³/mol. The molecule has 3 rings (SSSR count). The summed E-state index contributed by atoms with van der Waals surface area (Å²) < 4.78 is 13.7. The maximum absolute atomic E-state index is 13.7. The van der Waals surface area contributed by atoms with Crippen LogP contribution in [0, 0.1) is 5.82 Å². The average Bonchev–Trinajstić information content (AvgIpc) is 2.57. The average molecular weight is 332 g/mol. The molecule has 0 bridgehead atoms. The van der Waals surface area contributed by atoms with Gasteiger partial charge in [0.2, 0.25) is 0 Å². The fourth-order valence-corrected chi connectivity index (χ4v) is 2.84. The van der Waals surface area contributed by atoms with Crippen LogP contribution in [-0.4, -0.2) is 42.3 Å². The Morgan fingerprint density at radius 2 is 1.74 bits per heavy atom. The second kappa shape index (κ2) is 7.57. The third kappa shape index (κ3) is 4.30. The molecule has 5 heteroatoms. The van der Waals surface area contributed by atoms with Crippen molar-refractivity contribution in [2.24, 2.45) is 5.10 Å². The lowest BCUT2D eigenvalue weighted by Gasteiger charge is -2.33. The van der Waals surface area contributed by atoms with Gasteiger partial charge in [-0.15, -0.1) is 0 Å². The molecule has 0 amide bonds. The van der Waals surface area contributed by atoms with Crippen LogP contribution in [0.4, 0.5) is 4.39 Å². The molecule has 0 atom stereocenters. The Bertz CT molecular complexity index is 647. The highest BCUT2D eigenvalue weighted by Gasteiger charge is 2.15. The zero-order chi connectivity index (χ0) is 16.1. The van der Waals surface area contributed by atoms with Crippen molar-refractivity contribution in [3.05, 3.63) is 70.5 Å². The van der Waals surface area contributed by atoms with E-state index in [0.29, 0.717) is 10.6 Å². The molecule has 1 aliphatic rings. The molecular formula is C18H19ClFN3. The quantitative estimate of drug-likeness (QED) is 0.797. The number of halogens is 2. The minimum absolute atomic E-state index is 0.344. The molecule has 0 radical (unpaired) electrons. The van der Waals surface area contributed by atoms with Crippen LogP contribution in [0.2, 0.25) is 5.02 Å². The number of benzene rings is 2. The zero-order valence-electron chi connectivity index (χ0n) is 12.8. The largest absolute Gasteiger partial charge is 0.295 e. The molecule has 0 spiro atoms. The molecule has 0 saturated carbocycles. The highest BCUT2D eigenvalue weighted by Crippen LogP contribution is 2.17. The van der Waals surface area contributed by atoms with Crippen molar-refractivity contribution in [1.82, 2.24) is 9.91 Å². The number of hydrogen-bond donors (Lipinski definition) is 0. The van der Waals surface area contributed by atoms with E-state index in [1.54, 1.807) is 12.1 Å². The lowest BCUT2D eigenvalue weighted by atomic mass is 10.2. The molecule has 0 unspecified atom stereocenters. The van der Waals surface area contributed by atoms with Crippen molar-refractivity contribution < 1.29 is 4.39 Å². The van der Waals surface area contributed by atoms with Gasteiger partial charge in [-0.3, -0.25) is 9.91 Å². The summed E-state index contributed by atoms with van der Waals surface area (Å²) in [6, 6.07) is 15.1. The lowest BCUT2D eigenvalue weighted by Crippen LogP contribution is -2.43. The molecule has 1 fully saturated rings. The van der Waals surface area contributed by atoms with E-state index >= 15 is 0 Å². The van der Waals surface area contributed by atoms with Crippen LogP contribution in [0.5, 0.6) is 0 Å². The molecule has 3 nitrogen and oxygen atoms in total. The molecule has 0 aliphatic carbocycles. The molecular weight excluding hydrogens is 313 g/mol. The normalized spacial score (nSPS) is 16.2. The van der Waals surface area contributed by atoms with Crippen molar-refractivity contribution in [2.75, 3.05) is 26.2 Å². The van der Waals surface area contributed by atoms with E-state index in [2.05, 4.69) is 34.3 Å². The third-order valence-corrected chi connectivity index (χ3v) is 4.28. The Balaban J connectivity index is 1.54. The van der Waals surface area contributed by atoms with E-state index in [9.17, 15) is 4.39 Å². The fourth-order valence-electron chi connectivity index (χ4n) is 2.63. The Hall–Kier alpha value is -1.91. The lowest BCUT2D eigenvalue weighted by molar-refractivity contribution is 0.131. The summed E-state index contributed by atoms with van der Waals surface area (Å²) in [5.74, 6) is -0.344. The molecule has 23 heavy (non-hydrogen) atoms. The summed E-state index contributed by atoms with van der Waals surface area (Å²) in [5, 5.41) is 6.72. The van der Waals surface area contributed by atoms with E-state index in [0.717, 1.165) is 32.7 Å². The van der Waals surface area contributed by atoms with Crippen LogP contribution in [-0.2, 0) is 6.54 Å². The van der Waals surface area contributed by atoms with E-state index in [-0.39, 0.29) is 5.82 Å². The zero-order valence-corrected chi connectivity index (χ0v) is 13.6. The van der Waals surface area contributed by atoms with Gasteiger partial charge in [-0.05, 0) is 17.7 Å². The molecule has 1 aliphatic heterocycles. The first-order valence-corrected chi connectivity index (χ1v) is 8.09. The third-order valence-electron chi connectivity index (χ3n) is 3.95. The summed E-state index contributed by atoms with van der Waals surface area (Å²) in [6.07, 6.45) is 1.52. The molecule has 1 saturated heterocycles. The Morgan fingerprint density at radius 3 is 2.43 bits per heavy atom. The van der Waals surface area contributed by atoms with Crippen molar-refractivity contribution in [2.45, 2.75) is 6.54 Å². The second-order valence-corrected chi connectivity index (χ2v) is 6.00. The van der Waals surface area contributed by atoms with Crippen LogP contribution >= 0.6 is 11.6 Å². The highest BCUT2D eigenvalue weighted by molar-refractivity contribution is 6.33. The maximum Gasteiger partial charge on any atom is 0.133 e. The summed E-state index contributed by atoms with van der Waals surface area (Å²) in [4.78, 5) is 2.40. The molecule has 2 aromatic rings. The van der Waals surface area contributed by atoms with Crippen LogP contribution in [0.3, 0.4) is 0 Å². The fraction of sp³-hybridized carbons (Fsp3) is 0.278. The molecule has 1 heterocycles. The first-order chi connectivity index (χ1) is 11.2. The van der Waals surface area contributed by atoms with Gasteiger partial charge in [0.05, 0.1) is 11.2 Å². The van der Waals surface area contributed by atoms with Gasteiger partial charge in [0.15, 0.2) is 0 Å². The SMILES string of the molecule is Fc1cccc(Cl)c1/C=N/N1CCN(Cc2ccccc2)CC1. The smallest absolute Gasteiger partial charge is 0.133 e. The Kier molecular flexibility index (Phi) is 5.26. The van der Waals surface area contributed by atoms with Gasteiger partial charge < -0.3 is 0 Å². The Labute approximate surface area is 141 Å². The van der Waals surface area contributed by atoms with E-state index in [4.69, 9.17) is 11.6 Å². The molecule has 2 aromatic carbocycles. The number of nitrogens with zero attached hydrogens (tertiary/aromatic N) is 3. The van der Waals surface area contributed by atoms with Crippen molar-refractivity contribution >= 4 is 17.8 Å². The number of piperazine rings is 1. The maximum atomic E-state index is 13.7. The van der Waals surface area contributed by atoms with Gasteiger partial charge in [-0.25, -0.2) is 4.39 Å². The summed E-state index contributed by atoms with van der Waals surface area (Å²) in [7, 11) is 0. The summed E-state index contributed by atoms with van der Waals surface area (Å²) in [6.45, 7) is 4.50. The van der Waals surface area contributed by atoms with Crippen molar-refractivity contribution in [3.63, 3.8) is 0 Å². The van der Waals surface area contributed by atoms with Crippen LogP contribution in [0.1, 0.15) is 11.1 Å². The topological polar surface area (TPSA) is 18.8 Å². The first-order valence-electron chi connectivity index (χ1n) is 7.71. The Morgan fingerprint density at radius 1 is 1.00 bits per heavy atom. The van der Waals surface area contributed by atoms with Gasteiger partial charge >= 0.3 is 0 Å². The second-order valence-electron chi connectivity index (χ2n) is 5.60. The summed E-state index contributed by atoms with van der Waals surface area (Å²) >= 11 is 6.00. The molecule has 0 N–H and O–H groups in total. The minimum Gasteiger partial charge on any atom is -0.295 e. The van der Waals surface area contributed by atoms with Crippen LogP contribution in [0.25, 0.3) is 0 Å². The van der Waals surface area contributed by atoms with Gasteiger partial charge in [0.25, 0.3) is 0 Å². The molecule has 0 aromatic heterocycles. The monoisotopic (exact) mass is 331 g/mol. The number of rotatable bonds is 4. The van der Waals surface area contributed by atoms with Crippen LogP contribution in [0.15, 0.2) is 53.6 Å². The predicted octanol–water partition coefficient (Wildman–Crippen LogP) is 3.63. The number of hydrogen-bond acceptors (Lipinski definition) is 3. The van der Waals surface area contributed by atoms with Gasteiger partial charge in [-0.1, -0.05) is 48.0 Å². The highest BCUT2D eigenvalue weighted by atomic mass is 35.5.